The molecule has 4 heterocycles. The van der Waals surface area contributed by atoms with Crippen LogP contribution in [0.1, 0.15) is 46.6 Å². The first-order valence-corrected chi connectivity index (χ1v) is 11.3. The quantitative estimate of drug-likeness (QED) is 0.422. The number of aromatic hydroxyl groups is 1. The lowest BCUT2D eigenvalue weighted by atomic mass is 9.80. The van der Waals surface area contributed by atoms with E-state index in [-0.39, 0.29) is 35.3 Å². The number of nitrogens with one attached hydrogen (secondary N) is 1. The molecule has 1 aliphatic heterocycles. The molecule has 0 aliphatic carbocycles. The van der Waals surface area contributed by atoms with Crippen molar-refractivity contribution in [2.24, 2.45) is 7.05 Å². The van der Waals surface area contributed by atoms with Crippen LogP contribution in [0, 0.1) is 0 Å². The highest BCUT2D eigenvalue weighted by Crippen LogP contribution is 2.38. The van der Waals surface area contributed by atoms with Gasteiger partial charge >= 0.3 is 0 Å². The lowest BCUT2D eigenvalue weighted by Gasteiger charge is -2.46. The molecule has 1 saturated heterocycles. The van der Waals surface area contributed by atoms with Gasteiger partial charge in [-0.2, -0.15) is 5.10 Å². The summed E-state index contributed by atoms with van der Waals surface area (Å²) in [7, 11) is 1.80. The standard InChI is InChI=1S/C23H27ClN8O.ClH/c1-22(2)10-14(11-23(3,4)29-22)32-21-18(26-30-32)9-17(25-27-21)15-7-6-13(8-19(15)33)16-12-31(5)28-20(16)24;/h6-9,12,14,29,33H,10-11H2,1-5H3;1H. The molecule has 9 nitrogen and oxygen atoms in total. The van der Waals surface area contributed by atoms with E-state index >= 15 is 0 Å². The fraction of sp³-hybridized carbons (Fsp3) is 0.435. The third-order valence-electron chi connectivity index (χ3n) is 6.10. The van der Waals surface area contributed by atoms with Gasteiger partial charge < -0.3 is 10.4 Å². The molecule has 5 rings (SSSR count). The minimum Gasteiger partial charge on any atom is -0.507 e. The van der Waals surface area contributed by atoms with Crippen LogP contribution in [-0.2, 0) is 7.05 Å². The topological polar surface area (TPSA) is 107 Å². The molecule has 0 atom stereocenters. The number of fused-ring (bicyclic) bond motifs is 1. The van der Waals surface area contributed by atoms with Crippen molar-refractivity contribution in [1.29, 1.82) is 0 Å². The molecule has 1 aromatic carbocycles. The van der Waals surface area contributed by atoms with Crippen LogP contribution in [0.5, 0.6) is 5.75 Å². The van der Waals surface area contributed by atoms with Gasteiger partial charge in [0.15, 0.2) is 5.15 Å². The summed E-state index contributed by atoms with van der Waals surface area (Å²) in [6.45, 7) is 8.81. The highest BCUT2D eigenvalue weighted by atomic mass is 35.5. The highest BCUT2D eigenvalue weighted by molar-refractivity contribution is 6.32. The van der Waals surface area contributed by atoms with Crippen molar-refractivity contribution in [1.82, 2.24) is 40.3 Å². The Morgan fingerprint density at radius 1 is 1.03 bits per heavy atom. The molecule has 4 aromatic rings. The van der Waals surface area contributed by atoms with Crippen molar-refractivity contribution in [2.45, 2.75) is 57.7 Å². The molecule has 34 heavy (non-hydrogen) atoms. The molecule has 0 spiro atoms. The zero-order chi connectivity index (χ0) is 23.5. The Bertz CT molecular complexity index is 1340. The van der Waals surface area contributed by atoms with E-state index in [9.17, 15) is 5.11 Å². The molecule has 2 N–H and O–H groups in total. The first-order chi connectivity index (χ1) is 15.5. The molecule has 1 fully saturated rings. The summed E-state index contributed by atoms with van der Waals surface area (Å²) in [6.07, 6.45) is 3.64. The number of aromatic nitrogens is 7. The highest BCUT2D eigenvalue weighted by Gasteiger charge is 2.39. The van der Waals surface area contributed by atoms with E-state index in [2.05, 4.69) is 58.6 Å². The van der Waals surface area contributed by atoms with E-state index in [1.54, 1.807) is 23.9 Å². The van der Waals surface area contributed by atoms with Gasteiger partial charge in [0.05, 0.1) is 11.7 Å². The van der Waals surface area contributed by atoms with Crippen LogP contribution in [0.15, 0.2) is 30.5 Å². The van der Waals surface area contributed by atoms with Crippen LogP contribution in [0.4, 0.5) is 0 Å². The summed E-state index contributed by atoms with van der Waals surface area (Å²) in [5.41, 5.74) is 3.85. The Kier molecular flexibility index (Phi) is 6.08. The van der Waals surface area contributed by atoms with Gasteiger partial charge in [-0.05, 0) is 64.3 Å². The summed E-state index contributed by atoms with van der Waals surface area (Å²) in [5.74, 6) is 0.0790. The fourth-order valence-corrected chi connectivity index (χ4v) is 5.42. The third-order valence-corrected chi connectivity index (χ3v) is 6.38. The maximum Gasteiger partial charge on any atom is 0.201 e. The van der Waals surface area contributed by atoms with Crippen molar-refractivity contribution in [3.05, 3.63) is 35.6 Å². The van der Waals surface area contributed by atoms with Gasteiger partial charge in [0.1, 0.15) is 11.3 Å². The van der Waals surface area contributed by atoms with Gasteiger partial charge in [-0.25, -0.2) is 4.68 Å². The number of rotatable bonds is 3. The van der Waals surface area contributed by atoms with Crippen molar-refractivity contribution < 1.29 is 5.11 Å². The molecule has 0 amide bonds. The van der Waals surface area contributed by atoms with Crippen molar-refractivity contribution in [3.8, 4) is 28.1 Å². The summed E-state index contributed by atoms with van der Waals surface area (Å²) < 4.78 is 3.53. The number of hydrogen-bond donors (Lipinski definition) is 2. The Morgan fingerprint density at radius 2 is 1.74 bits per heavy atom. The maximum atomic E-state index is 10.7. The Morgan fingerprint density at radius 3 is 2.35 bits per heavy atom. The average Bonchev–Trinajstić information content (AvgIpc) is 3.27. The Hall–Kier alpha value is -2.75. The normalized spacial score (nSPS) is 17.6. The first-order valence-electron chi connectivity index (χ1n) is 10.9. The van der Waals surface area contributed by atoms with Gasteiger partial charge in [-0.15, -0.1) is 27.7 Å². The minimum atomic E-state index is -0.0250. The number of halogens is 2. The van der Waals surface area contributed by atoms with Crippen LogP contribution in [-0.4, -0.2) is 51.2 Å². The monoisotopic (exact) mass is 502 g/mol. The molecular weight excluding hydrogens is 475 g/mol. The zero-order valence-corrected chi connectivity index (χ0v) is 21.3. The van der Waals surface area contributed by atoms with E-state index in [0.29, 0.717) is 27.6 Å². The number of hydrogen-bond acceptors (Lipinski definition) is 7. The Labute approximate surface area is 208 Å². The van der Waals surface area contributed by atoms with Crippen molar-refractivity contribution in [3.63, 3.8) is 0 Å². The first kappa shape index (κ1) is 24.4. The summed E-state index contributed by atoms with van der Waals surface area (Å²) in [4.78, 5) is 0. The van der Waals surface area contributed by atoms with Crippen LogP contribution in [0.25, 0.3) is 33.5 Å². The van der Waals surface area contributed by atoms with Gasteiger partial charge in [-0.1, -0.05) is 22.9 Å². The lowest BCUT2D eigenvalue weighted by molar-refractivity contribution is 0.127. The molecule has 1 aliphatic rings. The van der Waals surface area contributed by atoms with Gasteiger partial charge in [0.2, 0.25) is 5.65 Å². The van der Waals surface area contributed by atoms with E-state index in [1.165, 1.54) is 0 Å². The van der Waals surface area contributed by atoms with Gasteiger partial charge in [-0.3, -0.25) is 4.68 Å². The summed E-state index contributed by atoms with van der Waals surface area (Å²) in [5, 5.41) is 36.6. The molecule has 0 saturated carbocycles. The number of phenols is 1. The van der Waals surface area contributed by atoms with E-state index < -0.39 is 0 Å². The predicted molar refractivity (Wildman–Crippen MR) is 134 cm³/mol. The second-order valence-corrected chi connectivity index (χ2v) is 10.5. The van der Waals surface area contributed by atoms with Crippen LogP contribution in [0.2, 0.25) is 5.15 Å². The predicted octanol–water partition coefficient (Wildman–Crippen LogP) is 4.55. The molecule has 180 valence electrons. The summed E-state index contributed by atoms with van der Waals surface area (Å²) >= 11 is 6.20. The summed E-state index contributed by atoms with van der Waals surface area (Å²) in [6, 6.07) is 7.31. The van der Waals surface area contributed by atoms with Crippen LogP contribution in [0.3, 0.4) is 0 Å². The van der Waals surface area contributed by atoms with Crippen LogP contribution >= 0.6 is 24.0 Å². The van der Waals surface area contributed by atoms with E-state index in [1.807, 2.05) is 23.0 Å². The van der Waals surface area contributed by atoms with E-state index in [4.69, 9.17) is 11.6 Å². The lowest BCUT2D eigenvalue weighted by Crippen LogP contribution is -2.58. The molecule has 0 radical (unpaired) electrons. The minimum absolute atomic E-state index is 0. The van der Waals surface area contributed by atoms with Gasteiger partial charge in [0, 0.05) is 35.4 Å². The number of nitrogens with zero attached hydrogens (tertiary/aromatic N) is 7. The Balaban J connectivity index is 0.00000274. The van der Waals surface area contributed by atoms with E-state index in [0.717, 1.165) is 24.0 Å². The van der Waals surface area contributed by atoms with Crippen molar-refractivity contribution >= 4 is 35.2 Å². The molecule has 0 bridgehead atoms. The number of phenolic OH excluding ortho intramolecular Hbond substituents is 1. The number of aryl methyl sites for hydroxylation is 1. The van der Waals surface area contributed by atoms with Gasteiger partial charge in [0.25, 0.3) is 0 Å². The molecule has 3 aromatic heterocycles. The number of piperidine rings is 1. The van der Waals surface area contributed by atoms with Crippen LogP contribution < -0.4 is 5.32 Å². The fourth-order valence-electron chi connectivity index (χ4n) is 5.14. The SMILES string of the molecule is Cl.Cn1cc(-c2ccc(-c3cc4nnn(C5CC(C)(C)NC(C)(C)C5)c4nn3)c(O)c2)c(Cl)n1. The molecular formula is C23H28Cl2N8O. The number of benzene rings is 1. The molecule has 11 heteroatoms. The second-order valence-electron chi connectivity index (χ2n) is 10.2. The molecule has 0 unspecified atom stereocenters. The van der Waals surface area contributed by atoms with Crippen molar-refractivity contribution in [2.75, 3.05) is 0 Å². The third kappa shape index (κ3) is 4.47. The largest absolute Gasteiger partial charge is 0.507 e. The second kappa shape index (κ2) is 8.48. The smallest absolute Gasteiger partial charge is 0.201 e. The zero-order valence-electron chi connectivity index (χ0n) is 19.7. The average molecular weight is 503 g/mol. The maximum absolute atomic E-state index is 10.7.